The lowest BCUT2D eigenvalue weighted by atomic mass is 10.1. The second-order valence-electron chi connectivity index (χ2n) is 6.54. The average molecular weight is 519 g/mol. The number of hydrogen-bond donors (Lipinski definition) is 1. The maximum Gasteiger partial charge on any atom is 0.434 e. The van der Waals surface area contributed by atoms with Crippen LogP contribution >= 0.6 is 35.3 Å². The fourth-order valence-electron chi connectivity index (χ4n) is 3.24. The third-order valence-corrected chi connectivity index (χ3v) is 5.51. The number of piperazine rings is 1. The van der Waals surface area contributed by atoms with Crippen molar-refractivity contribution >= 4 is 41.3 Å². The Morgan fingerprint density at radius 1 is 1.37 bits per heavy atom. The Balaban J connectivity index is 0.00000261. The number of aromatic nitrogens is 1. The number of rotatable bonds is 4. The molecule has 3 heterocycles. The van der Waals surface area contributed by atoms with Crippen LogP contribution in [0.3, 0.4) is 0 Å². The smallest absolute Gasteiger partial charge is 0.381 e. The average Bonchev–Trinajstić information content (AvgIpc) is 3.28. The fourth-order valence-corrected chi connectivity index (χ4v) is 3.98. The van der Waals surface area contributed by atoms with Crippen LogP contribution in [0.4, 0.5) is 13.2 Å². The van der Waals surface area contributed by atoms with Gasteiger partial charge in [-0.05, 0) is 12.3 Å². The molecule has 0 aliphatic carbocycles. The highest BCUT2D eigenvalue weighted by atomic mass is 127. The summed E-state index contributed by atoms with van der Waals surface area (Å²) in [5.41, 5.74) is -0.834. The molecule has 0 radical (unpaired) electrons. The van der Waals surface area contributed by atoms with Gasteiger partial charge in [0, 0.05) is 51.8 Å². The summed E-state index contributed by atoms with van der Waals surface area (Å²) in [5.74, 6) is 1.34. The van der Waals surface area contributed by atoms with E-state index in [0.29, 0.717) is 16.9 Å². The second kappa shape index (κ2) is 10.2. The Bertz CT molecular complexity index is 613. The number of nitrogens with one attached hydrogen (secondary N) is 1. The van der Waals surface area contributed by atoms with Crippen molar-refractivity contribution in [3.05, 3.63) is 16.1 Å². The Morgan fingerprint density at radius 2 is 2.11 bits per heavy atom. The van der Waals surface area contributed by atoms with E-state index < -0.39 is 11.9 Å². The molecule has 1 aromatic heterocycles. The molecule has 0 saturated carbocycles. The van der Waals surface area contributed by atoms with E-state index in [1.807, 2.05) is 0 Å². The third kappa shape index (κ3) is 6.43. The van der Waals surface area contributed by atoms with Gasteiger partial charge in [-0.3, -0.25) is 9.89 Å². The summed E-state index contributed by atoms with van der Waals surface area (Å²) in [7, 11) is 1.69. The molecule has 6 nitrogen and oxygen atoms in total. The van der Waals surface area contributed by atoms with Crippen molar-refractivity contribution in [2.75, 3.05) is 53.0 Å². The van der Waals surface area contributed by atoms with E-state index in [4.69, 9.17) is 4.74 Å². The van der Waals surface area contributed by atoms with Gasteiger partial charge in [0.1, 0.15) is 5.01 Å². The first-order chi connectivity index (χ1) is 12.5. The molecule has 0 aromatic carbocycles. The van der Waals surface area contributed by atoms with Gasteiger partial charge in [-0.2, -0.15) is 13.2 Å². The van der Waals surface area contributed by atoms with Crippen LogP contribution in [0.25, 0.3) is 0 Å². The van der Waals surface area contributed by atoms with Crippen molar-refractivity contribution in [2.24, 2.45) is 10.9 Å². The SMILES string of the molecule is CN=C(NCc1nc(C(F)(F)F)cs1)N1CCN(CC2CCOC2)CC1.I. The molecule has 0 amide bonds. The molecule has 1 unspecified atom stereocenters. The van der Waals surface area contributed by atoms with Gasteiger partial charge in [0.2, 0.25) is 0 Å². The number of hydrogen-bond acceptors (Lipinski definition) is 5. The third-order valence-electron chi connectivity index (χ3n) is 4.66. The Morgan fingerprint density at radius 3 is 2.67 bits per heavy atom. The van der Waals surface area contributed by atoms with Gasteiger partial charge in [0.05, 0.1) is 13.2 Å². The molecule has 2 aliphatic rings. The minimum Gasteiger partial charge on any atom is -0.381 e. The van der Waals surface area contributed by atoms with Crippen molar-refractivity contribution in [3.8, 4) is 0 Å². The molecule has 154 valence electrons. The predicted octanol–water partition coefficient (Wildman–Crippen LogP) is 2.51. The van der Waals surface area contributed by atoms with E-state index in [0.717, 1.165) is 69.1 Å². The molecule has 11 heteroatoms. The van der Waals surface area contributed by atoms with Crippen LogP contribution < -0.4 is 5.32 Å². The quantitative estimate of drug-likeness (QED) is 0.377. The summed E-state index contributed by atoms with van der Waals surface area (Å²) in [4.78, 5) is 12.5. The van der Waals surface area contributed by atoms with Gasteiger partial charge >= 0.3 is 6.18 Å². The zero-order chi connectivity index (χ0) is 18.6. The van der Waals surface area contributed by atoms with Crippen LogP contribution in [0.15, 0.2) is 10.4 Å². The minimum absolute atomic E-state index is 0. The number of guanidine groups is 1. The van der Waals surface area contributed by atoms with Crippen molar-refractivity contribution in [1.82, 2.24) is 20.1 Å². The van der Waals surface area contributed by atoms with Gasteiger partial charge in [0.15, 0.2) is 11.7 Å². The van der Waals surface area contributed by atoms with Gasteiger partial charge in [0.25, 0.3) is 0 Å². The van der Waals surface area contributed by atoms with Crippen LogP contribution in [0.2, 0.25) is 0 Å². The van der Waals surface area contributed by atoms with Crippen molar-refractivity contribution in [2.45, 2.75) is 19.1 Å². The maximum absolute atomic E-state index is 12.6. The van der Waals surface area contributed by atoms with Crippen LogP contribution in [0.5, 0.6) is 0 Å². The molecule has 0 spiro atoms. The standard InChI is InChI=1S/C16H24F3N5OS.HI/c1-20-15(21-8-14-22-13(11-26-14)16(17,18)19)24-5-3-23(4-6-24)9-12-2-7-25-10-12;/h11-12H,2-10H2,1H3,(H,20,21);1H. The summed E-state index contributed by atoms with van der Waals surface area (Å²) in [6.45, 7) is 6.63. The molecule has 0 bridgehead atoms. The van der Waals surface area contributed by atoms with Crippen LogP contribution in [0, 0.1) is 5.92 Å². The maximum atomic E-state index is 12.6. The number of ether oxygens (including phenoxy) is 1. The van der Waals surface area contributed by atoms with Crippen LogP contribution in [-0.4, -0.2) is 73.7 Å². The lowest BCUT2D eigenvalue weighted by molar-refractivity contribution is -0.140. The van der Waals surface area contributed by atoms with E-state index in [1.54, 1.807) is 7.05 Å². The van der Waals surface area contributed by atoms with Crippen molar-refractivity contribution in [1.29, 1.82) is 0 Å². The monoisotopic (exact) mass is 519 g/mol. The number of halogens is 4. The minimum atomic E-state index is -4.39. The molecule has 1 N–H and O–H groups in total. The molecule has 2 aliphatic heterocycles. The lowest BCUT2D eigenvalue weighted by Gasteiger charge is -2.37. The zero-order valence-corrected chi connectivity index (χ0v) is 18.3. The molecule has 3 rings (SSSR count). The van der Waals surface area contributed by atoms with E-state index in [1.165, 1.54) is 0 Å². The molecular formula is C16H25F3IN5OS. The number of thiazole rings is 1. The number of alkyl halides is 3. The summed E-state index contributed by atoms with van der Waals surface area (Å²) in [6, 6.07) is 0. The Labute approximate surface area is 178 Å². The van der Waals surface area contributed by atoms with Crippen LogP contribution in [0.1, 0.15) is 17.1 Å². The Kier molecular flexibility index (Phi) is 8.56. The van der Waals surface area contributed by atoms with E-state index >= 15 is 0 Å². The summed E-state index contributed by atoms with van der Waals surface area (Å²) in [5, 5.41) is 4.57. The highest BCUT2D eigenvalue weighted by Crippen LogP contribution is 2.29. The zero-order valence-electron chi connectivity index (χ0n) is 15.2. The normalized spacial score (nSPS) is 22.0. The van der Waals surface area contributed by atoms with Gasteiger partial charge in [-0.15, -0.1) is 35.3 Å². The van der Waals surface area contributed by atoms with E-state index in [9.17, 15) is 13.2 Å². The van der Waals surface area contributed by atoms with Gasteiger partial charge in [-0.25, -0.2) is 4.98 Å². The number of aliphatic imine (C=N–C) groups is 1. The molecule has 2 saturated heterocycles. The van der Waals surface area contributed by atoms with Gasteiger partial charge in [-0.1, -0.05) is 0 Å². The number of nitrogens with zero attached hydrogens (tertiary/aromatic N) is 4. The topological polar surface area (TPSA) is 53.0 Å². The first-order valence-corrected chi connectivity index (χ1v) is 9.61. The molecule has 2 fully saturated rings. The largest absolute Gasteiger partial charge is 0.434 e. The second-order valence-corrected chi connectivity index (χ2v) is 7.48. The van der Waals surface area contributed by atoms with Crippen LogP contribution in [-0.2, 0) is 17.5 Å². The molecule has 27 heavy (non-hydrogen) atoms. The fraction of sp³-hybridized carbons (Fsp3) is 0.750. The lowest BCUT2D eigenvalue weighted by Crippen LogP contribution is -2.53. The highest BCUT2D eigenvalue weighted by Gasteiger charge is 2.33. The predicted molar refractivity (Wildman–Crippen MR) is 110 cm³/mol. The van der Waals surface area contributed by atoms with Crippen molar-refractivity contribution < 1.29 is 17.9 Å². The molecule has 1 atom stereocenters. The summed E-state index contributed by atoms with van der Waals surface area (Å²) < 4.78 is 43.3. The first-order valence-electron chi connectivity index (χ1n) is 8.73. The Hall–Kier alpha value is -0.660. The molecule has 1 aromatic rings. The summed E-state index contributed by atoms with van der Waals surface area (Å²) >= 11 is 1.01. The van der Waals surface area contributed by atoms with E-state index in [2.05, 4.69) is 25.1 Å². The van der Waals surface area contributed by atoms with Gasteiger partial charge < -0.3 is 15.0 Å². The summed E-state index contributed by atoms with van der Waals surface area (Å²) in [6.07, 6.45) is -3.26. The van der Waals surface area contributed by atoms with E-state index in [-0.39, 0.29) is 30.5 Å². The highest BCUT2D eigenvalue weighted by molar-refractivity contribution is 14.0. The van der Waals surface area contributed by atoms with Crippen molar-refractivity contribution in [3.63, 3.8) is 0 Å². The first kappa shape index (κ1) is 22.6. The molecular weight excluding hydrogens is 494 g/mol.